The summed E-state index contributed by atoms with van der Waals surface area (Å²) >= 11 is 0. The summed E-state index contributed by atoms with van der Waals surface area (Å²) in [6.45, 7) is -0.737. The maximum absolute atomic E-state index is 13.0. The SMILES string of the molecule is CNc1nc(NCC(F)F)c(F)cc1F. The first-order valence-electron chi connectivity index (χ1n) is 4.10. The van der Waals surface area contributed by atoms with Crippen LogP contribution in [0.5, 0.6) is 0 Å². The van der Waals surface area contributed by atoms with Crippen LogP contribution < -0.4 is 10.6 Å². The molecule has 1 aromatic rings. The summed E-state index contributed by atoms with van der Waals surface area (Å²) in [5.41, 5.74) is 0. The number of nitrogens with zero attached hydrogens (tertiary/aromatic N) is 1. The van der Waals surface area contributed by atoms with Gasteiger partial charge in [-0.15, -0.1) is 0 Å². The summed E-state index contributed by atoms with van der Waals surface area (Å²) in [4.78, 5) is 3.46. The molecule has 84 valence electrons. The number of alkyl halides is 2. The molecule has 7 heteroatoms. The molecule has 0 aliphatic rings. The predicted octanol–water partition coefficient (Wildman–Crippen LogP) is 2.08. The van der Waals surface area contributed by atoms with Crippen molar-refractivity contribution in [2.45, 2.75) is 6.43 Å². The number of anilines is 2. The Kier molecular flexibility index (Phi) is 3.70. The number of halogens is 4. The Morgan fingerprint density at radius 1 is 1.27 bits per heavy atom. The van der Waals surface area contributed by atoms with Gasteiger partial charge in [0.2, 0.25) is 0 Å². The summed E-state index contributed by atoms with van der Waals surface area (Å²) < 4.78 is 49.5. The van der Waals surface area contributed by atoms with Gasteiger partial charge in [0.15, 0.2) is 23.3 Å². The summed E-state index contributed by atoms with van der Waals surface area (Å²) in [5.74, 6) is -2.49. The van der Waals surface area contributed by atoms with Crippen LogP contribution in [0.1, 0.15) is 0 Å². The molecule has 3 nitrogen and oxygen atoms in total. The fourth-order valence-electron chi connectivity index (χ4n) is 0.940. The largest absolute Gasteiger partial charge is 0.371 e. The van der Waals surface area contributed by atoms with Crippen LogP contribution in [0.3, 0.4) is 0 Å². The molecule has 0 atom stereocenters. The fraction of sp³-hybridized carbons (Fsp3) is 0.375. The molecule has 0 spiro atoms. The lowest BCUT2D eigenvalue weighted by Crippen LogP contribution is -2.13. The number of aromatic nitrogens is 1. The highest BCUT2D eigenvalue weighted by Gasteiger charge is 2.12. The van der Waals surface area contributed by atoms with E-state index in [0.29, 0.717) is 6.07 Å². The second-order valence-corrected chi connectivity index (χ2v) is 2.67. The van der Waals surface area contributed by atoms with E-state index in [9.17, 15) is 17.6 Å². The average molecular weight is 223 g/mol. The highest BCUT2D eigenvalue weighted by atomic mass is 19.3. The summed E-state index contributed by atoms with van der Waals surface area (Å²) in [7, 11) is 1.39. The zero-order valence-corrected chi connectivity index (χ0v) is 7.82. The molecule has 0 aliphatic heterocycles. The van der Waals surface area contributed by atoms with Crippen LogP contribution in [0.4, 0.5) is 29.2 Å². The second-order valence-electron chi connectivity index (χ2n) is 2.67. The quantitative estimate of drug-likeness (QED) is 0.767. The van der Waals surface area contributed by atoms with E-state index in [1.54, 1.807) is 0 Å². The van der Waals surface area contributed by atoms with Crippen LogP contribution >= 0.6 is 0 Å². The van der Waals surface area contributed by atoms with Gasteiger partial charge < -0.3 is 10.6 Å². The molecule has 0 aromatic carbocycles. The lowest BCUT2D eigenvalue weighted by molar-refractivity contribution is 0.163. The number of pyridine rings is 1. The van der Waals surface area contributed by atoms with Crippen molar-refractivity contribution in [1.29, 1.82) is 0 Å². The molecule has 1 rings (SSSR count). The van der Waals surface area contributed by atoms with Crippen molar-refractivity contribution in [2.24, 2.45) is 0 Å². The third kappa shape index (κ3) is 2.97. The molecule has 15 heavy (non-hydrogen) atoms. The van der Waals surface area contributed by atoms with E-state index in [0.717, 1.165) is 0 Å². The van der Waals surface area contributed by atoms with E-state index in [1.807, 2.05) is 0 Å². The van der Waals surface area contributed by atoms with Crippen LogP contribution in [-0.2, 0) is 0 Å². The lowest BCUT2D eigenvalue weighted by atomic mass is 10.4. The maximum atomic E-state index is 13.0. The van der Waals surface area contributed by atoms with Crippen LogP contribution in [0.15, 0.2) is 6.07 Å². The Morgan fingerprint density at radius 2 is 1.87 bits per heavy atom. The minimum atomic E-state index is -2.63. The zero-order valence-electron chi connectivity index (χ0n) is 7.82. The van der Waals surface area contributed by atoms with Gasteiger partial charge in [0, 0.05) is 13.1 Å². The van der Waals surface area contributed by atoms with Gasteiger partial charge in [-0.3, -0.25) is 0 Å². The molecule has 0 bridgehead atoms. The van der Waals surface area contributed by atoms with Gasteiger partial charge in [0.1, 0.15) is 0 Å². The number of rotatable bonds is 4. The number of hydrogen-bond donors (Lipinski definition) is 2. The van der Waals surface area contributed by atoms with E-state index in [1.165, 1.54) is 7.05 Å². The van der Waals surface area contributed by atoms with E-state index < -0.39 is 30.4 Å². The van der Waals surface area contributed by atoms with Crippen LogP contribution in [0, 0.1) is 11.6 Å². The minimum Gasteiger partial charge on any atom is -0.371 e. The smallest absolute Gasteiger partial charge is 0.255 e. The van der Waals surface area contributed by atoms with Crippen LogP contribution in [-0.4, -0.2) is 25.0 Å². The molecule has 0 saturated heterocycles. The molecule has 0 unspecified atom stereocenters. The molecule has 2 N–H and O–H groups in total. The number of hydrogen-bond acceptors (Lipinski definition) is 3. The molecule has 0 amide bonds. The Balaban J connectivity index is 2.87. The zero-order chi connectivity index (χ0) is 11.4. The maximum Gasteiger partial charge on any atom is 0.255 e. The van der Waals surface area contributed by atoms with Crippen molar-refractivity contribution < 1.29 is 17.6 Å². The van der Waals surface area contributed by atoms with Gasteiger partial charge in [-0.1, -0.05) is 0 Å². The van der Waals surface area contributed by atoms with Crippen LogP contribution in [0.2, 0.25) is 0 Å². The molecule has 0 saturated carbocycles. The third-order valence-corrected chi connectivity index (χ3v) is 1.59. The predicted molar refractivity (Wildman–Crippen MR) is 48.2 cm³/mol. The molecule has 1 aromatic heterocycles. The highest BCUT2D eigenvalue weighted by Crippen LogP contribution is 2.18. The first-order chi connectivity index (χ1) is 7.04. The van der Waals surface area contributed by atoms with Crippen molar-refractivity contribution in [3.63, 3.8) is 0 Å². The topological polar surface area (TPSA) is 37.0 Å². The second kappa shape index (κ2) is 4.81. The van der Waals surface area contributed by atoms with Gasteiger partial charge in [-0.25, -0.2) is 22.5 Å². The molecule has 1 heterocycles. The fourth-order valence-corrected chi connectivity index (χ4v) is 0.940. The molecular formula is C8H9F4N3. The number of nitrogens with one attached hydrogen (secondary N) is 2. The summed E-state index contributed by atoms with van der Waals surface area (Å²) in [5, 5.41) is 4.44. The first-order valence-corrected chi connectivity index (χ1v) is 4.10. The normalized spacial score (nSPS) is 10.5. The molecule has 0 aliphatic carbocycles. The third-order valence-electron chi connectivity index (χ3n) is 1.59. The van der Waals surface area contributed by atoms with Gasteiger partial charge in [0.25, 0.3) is 6.43 Å². The average Bonchev–Trinajstić information content (AvgIpc) is 2.16. The van der Waals surface area contributed by atoms with Crippen LogP contribution in [0.25, 0.3) is 0 Å². The minimum absolute atomic E-state index is 0.201. The van der Waals surface area contributed by atoms with Gasteiger partial charge in [-0.2, -0.15) is 0 Å². The lowest BCUT2D eigenvalue weighted by Gasteiger charge is -2.08. The monoisotopic (exact) mass is 223 g/mol. The molecule has 0 radical (unpaired) electrons. The van der Waals surface area contributed by atoms with Crippen molar-refractivity contribution >= 4 is 11.6 Å². The van der Waals surface area contributed by atoms with Gasteiger partial charge in [0.05, 0.1) is 6.54 Å². The van der Waals surface area contributed by atoms with E-state index in [-0.39, 0.29) is 5.82 Å². The van der Waals surface area contributed by atoms with E-state index >= 15 is 0 Å². The van der Waals surface area contributed by atoms with Crippen molar-refractivity contribution in [1.82, 2.24) is 4.98 Å². The molecule has 0 fully saturated rings. The van der Waals surface area contributed by atoms with E-state index in [2.05, 4.69) is 15.6 Å². The Morgan fingerprint density at radius 3 is 2.40 bits per heavy atom. The Bertz CT molecular complexity index is 343. The van der Waals surface area contributed by atoms with Crippen molar-refractivity contribution in [3.8, 4) is 0 Å². The summed E-state index contributed by atoms with van der Waals surface area (Å²) in [6.07, 6.45) is -2.63. The van der Waals surface area contributed by atoms with Crippen molar-refractivity contribution in [2.75, 3.05) is 24.2 Å². The van der Waals surface area contributed by atoms with Crippen molar-refractivity contribution in [3.05, 3.63) is 17.7 Å². The Hall–Kier alpha value is -1.53. The highest BCUT2D eigenvalue weighted by molar-refractivity contribution is 5.47. The van der Waals surface area contributed by atoms with Gasteiger partial charge >= 0.3 is 0 Å². The standard InChI is InChI=1S/C8H9F4N3/c1-13-7-4(9)2-5(10)8(15-7)14-3-6(11)12/h2,6H,3H2,1H3,(H2,13,14,15). The first kappa shape index (κ1) is 11.5. The Labute approximate surface area is 83.5 Å². The van der Waals surface area contributed by atoms with Gasteiger partial charge in [-0.05, 0) is 0 Å². The summed E-state index contributed by atoms with van der Waals surface area (Å²) in [6, 6.07) is 0.576. The van der Waals surface area contributed by atoms with E-state index in [4.69, 9.17) is 0 Å². The molecular weight excluding hydrogens is 214 g/mol.